The number of aliphatic hydroxyl groups excluding tert-OH is 1. The number of benzene rings is 6. The topological polar surface area (TPSA) is 533 Å². The average molecular weight is 1810 g/mol. The minimum absolute atomic E-state index is 0. The van der Waals surface area contributed by atoms with Crippen molar-refractivity contribution in [1.82, 2.24) is 4.98 Å². The van der Waals surface area contributed by atoms with Crippen molar-refractivity contribution in [3.05, 3.63) is 199 Å². The van der Waals surface area contributed by atoms with Crippen LogP contribution < -0.4 is 65.4 Å². The molecule has 1 saturated heterocycles. The third-order valence-electron chi connectivity index (χ3n) is 19.9. The number of fused-ring (bicyclic) bond motifs is 3. The number of carboxylic acid groups (broad SMARTS) is 2. The molecular weight excluding hydrogens is 1690 g/mol. The number of pyridine rings is 1. The van der Waals surface area contributed by atoms with E-state index in [4.69, 9.17) is 68.6 Å². The summed E-state index contributed by atoms with van der Waals surface area (Å²) in [5, 5.41) is 78.5. The van der Waals surface area contributed by atoms with Crippen molar-refractivity contribution in [2.24, 2.45) is 5.73 Å². The number of nitrogen functional groups attached to an aromatic ring is 1. The number of carboxylic acids is 2. The van der Waals surface area contributed by atoms with Crippen LogP contribution in [0.3, 0.4) is 0 Å². The number of methoxy groups -OCH3 is 2. The number of hydrogen-bond acceptors (Lipinski definition) is 26. The summed E-state index contributed by atoms with van der Waals surface area (Å²) in [7, 11) is 3.36. The fourth-order valence-corrected chi connectivity index (χ4v) is 12.1. The number of H-pyrrole nitrogens is 1. The number of aliphatic carboxylic acids is 1. The van der Waals surface area contributed by atoms with Crippen molar-refractivity contribution in [3.8, 4) is 34.8 Å². The van der Waals surface area contributed by atoms with E-state index in [0.717, 1.165) is 56.3 Å². The zero-order valence-corrected chi connectivity index (χ0v) is 80.8. The number of esters is 2. The monoisotopic (exact) mass is 1810 g/mol. The molecule has 0 bridgehead atoms. The molecule has 3 aliphatic rings. The van der Waals surface area contributed by atoms with Gasteiger partial charge in [-0.1, -0.05) is 122 Å². The molecule has 33 nitrogen and oxygen atoms in total. The van der Waals surface area contributed by atoms with Crippen molar-refractivity contribution in [3.63, 3.8) is 0 Å². The number of carbonyl (C=O) groups excluding carboxylic acids is 5. The Balaban J connectivity index is 0.00000146. The van der Waals surface area contributed by atoms with Crippen LogP contribution in [0, 0.1) is 41.7 Å². The molecule has 36 heteroatoms. The second-order valence-electron chi connectivity index (χ2n) is 36.4. The summed E-state index contributed by atoms with van der Waals surface area (Å²) in [6.45, 7) is 48.0. The van der Waals surface area contributed by atoms with E-state index in [-0.39, 0.29) is 114 Å². The van der Waals surface area contributed by atoms with Gasteiger partial charge in [-0.15, -0.1) is 23.2 Å². The Morgan fingerprint density at radius 1 is 0.556 bits per heavy atom. The fraction of sp³-hybridized carbons (Fsp3) is 0.478. The van der Waals surface area contributed by atoms with Gasteiger partial charge in [-0.25, -0.2) is 14.4 Å². The number of aromatic hydroxyl groups is 1. The summed E-state index contributed by atoms with van der Waals surface area (Å²) in [6, 6.07) is 26.5. The van der Waals surface area contributed by atoms with Crippen LogP contribution in [0.25, 0.3) is 10.9 Å². The quantitative estimate of drug-likeness (QED) is 0.00924. The third-order valence-corrected chi connectivity index (χ3v) is 19.9. The zero-order chi connectivity index (χ0) is 96.3. The molecular formula is C90H120Cl2N7NaO26. The number of carbonyl (C=O) groups is 7. The number of nitriles is 1. The van der Waals surface area contributed by atoms with Gasteiger partial charge in [-0.2, -0.15) is 5.26 Å². The number of primary amides is 1. The van der Waals surface area contributed by atoms with E-state index in [2.05, 4.69) is 62.1 Å². The number of aromatic amines is 1. The fourth-order valence-electron chi connectivity index (χ4n) is 12.1. The number of nitro benzene ring substituents is 3. The third kappa shape index (κ3) is 29.9. The van der Waals surface area contributed by atoms with E-state index < -0.39 is 88.3 Å². The number of amides is 1. The van der Waals surface area contributed by atoms with Crippen LogP contribution >= 0.6 is 23.2 Å². The molecule has 0 saturated carbocycles. The number of halogens is 2. The van der Waals surface area contributed by atoms with Crippen molar-refractivity contribution in [1.29, 1.82) is 5.26 Å². The molecule has 126 heavy (non-hydrogen) atoms. The van der Waals surface area contributed by atoms with E-state index in [1.807, 2.05) is 52.8 Å². The average Bonchev–Trinajstić information content (AvgIpc) is 1.51. The number of nitrogens with two attached hydrogens (primary N) is 2. The first-order valence-electron chi connectivity index (χ1n) is 38.8. The Kier molecular flexibility index (Phi) is 42.1. The van der Waals surface area contributed by atoms with Crippen molar-refractivity contribution in [2.75, 3.05) is 45.6 Å². The molecule has 1 fully saturated rings. The summed E-state index contributed by atoms with van der Waals surface area (Å²) >= 11 is 9.53. The number of anilines is 1. The van der Waals surface area contributed by atoms with Gasteiger partial charge in [-0.05, 0) is 169 Å². The normalized spacial score (nSPS) is 13.3. The Labute approximate surface area is 766 Å². The Hall–Kier alpha value is -10.8. The van der Waals surface area contributed by atoms with E-state index in [1.165, 1.54) is 58.2 Å². The number of nitrogens with zero attached hydrogens (tertiary/aromatic N) is 4. The first-order valence-corrected chi connectivity index (χ1v) is 39.9. The van der Waals surface area contributed by atoms with Crippen LogP contribution in [0.2, 0.25) is 0 Å². The molecule has 0 spiro atoms. The maximum absolute atomic E-state index is 11.8. The van der Waals surface area contributed by atoms with Crippen LogP contribution in [0.4, 0.5) is 32.3 Å². The second-order valence-corrected chi connectivity index (χ2v) is 37.2. The number of hydrogen-bond donors (Lipinski definition) is 7. The maximum Gasteiger partial charge on any atom is 1.00 e. The molecule has 10 N–H and O–H groups in total. The molecule has 0 radical (unpaired) electrons. The molecule has 1 aromatic heterocycles. The second kappa shape index (κ2) is 46.1. The zero-order valence-electron chi connectivity index (χ0n) is 77.3. The van der Waals surface area contributed by atoms with Crippen molar-refractivity contribution in [2.45, 2.75) is 240 Å². The Bertz CT molecular complexity index is 5200. The number of ether oxygens (including phenoxy) is 7. The molecule has 3 aliphatic heterocycles. The van der Waals surface area contributed by atoms with Gasteiger partial charge in [0.1, 0.15) is 34.3 Å². The predicted octanol–water partition coefficient (Wildman–Crippen LogP) is 15.4. The van der Waals surface area contributed by atoms with E-state index in [1.54, 1.807) is 126 Å². The predicted molar refractivity (Wildman–Crippen MR) is 475 cm³/mol. The molecule has 686 valence electrons. The van der Waals surface area contributed by atoms with E-state index in [9.17, 15) is 84.2 Å². The minimum Gasteiger partial charge on any atom is -0.870 e. The van der Waals surface area contributed by atoms with Gasteiger partial charge in [0.2, 0.25) is 11.3 Å². The number of para-hydroxylation sites is 1. The number of nitrogens with one attached hydrogen (secondary N) is 1. The summed E-state index contributed by atoms with van der Waals surface area (Å²) in [4.78, 5) is 127. The number of alkyl halides is 2. The van der Waals surface area contributed by atoms with Gasteiger partial charge in [0.25, 0.3) is 17.1 Å². The maximum atomic E-state index is 11.8. The molecule has 1 amide bonds. The first-order chi connectivity index (χ1) is 56.6. The molecule has 0 atom stereocenters. The molecule has 0 aliphatic carbocycles. The molecule has 0 unspecified atom stereocenters. The van der Waals surface area contributed by atoms with E-state index in [0.29, 0.717) is 61.7 Å². The van der Waals surface area contributed by atoms with Crippen molar-refractivity contribution >= 4 is 98.9 Å². The summed E-state index contributed by atoms with van der Waals surface area (Å²) < 4.78 is 34.4. The van der Waals surface area contributed by atoms with Gasteiger partial charge >= 0.3 is 65.7 Å². The largest absolute Gasteiger partial charge is 1.00 e. The SMILES string of the molecule is C1CCOC1.CC(C)(C)c1cc(C(C)(C)C(=O)O)c(O)cc1[N+](=O)[O-].CC(C)(C)c1cc2c(cc1N)OC(=O)C2(C)C.CC(C)(C)c1cc2c(cc1[N+](=O)[O-])OC(=O)C2(C)C.CO.COC(=O)Oc1cc([N+](=O)[O-])c(C(C)(C)C)cc1C(C)(C)C(N)=O.COC(=O)Oc1ccc(C(C)(C)C)cc1C(C)(C)C#N.ClCCl.O=C(O)c1c[nH]c2ccccc2c1=O.[Na+].[OH-]. The van der Waals surface area contributed by atoms with Crippen LogP contribution in [0.1, 0.15) is 252 Å². The summed E-state index contributed by atoms with van der Waals surface area (Å²) in [6.07, 6.45) is 1.94. The van der Waals surface area contributed by atoms with Gasteiger partial charge in [-0.3, -0.25) is 54.3 Å². The van der Waals surface area contributed by atoms with Gasteiger partial charge in [0, 0.05) is 93.7 Å². The summed E-state index contributed by atoms with van der Waals surface area (Å²) in [5.74, 6) is -2.82. The molecule has 7 aromatic rings. The molecule has 10 rings (SSSR count). The number of nitro groups is 3. The van der Waals surface area contributed by atoms with Crippen LogP contribution in [0.5, 0.6) is 28.7 Å². The van der Waals surface area contributed by atoms with Gasteiger partial charge in [0.05, 0.1) is 85.7 Å². The number of phenols is 1. The minimum atomic E-state index is -1.33. The smallest absolute Gasteiger partial charge is 0.870 e. The van der Waals surface area contributed by atoms with E-state index >= 15 is 0 Å². The molecule has 6 aromatic carbocycles. The Morgan fingerprint density at radius 2 is 0.952 bits per heavy atom. The standard InChI is InChI=1S/C16H22N2O6.C16H21NO3.C14H19NO5.C14H17NO4.C14H19NO2.C10H7NO3.C4H8O.CH2Cl2.CH4O.Na.H2O/c1-15(2,3)9-7-10(16(4,5)13(17)19)12(24-14(20)23-6)8-11(9)18(21)22;1-15(2,3)11-7-8-13(20-14(18)19-6)12(9-11)16(4,5)10-17;1-13(2,3)8-6-9(14(4,5)12(17)18)11(16)7-10(8)15(19)20;1-13(2,3)8-6-9-11(7-10(8)15(17)18)19-12(16)14(9,4)5;1-13(2,3)8-6-9-11(7-10(8)15)17-12(16)14(9,4)5;12-9-6-3-1-2-4-8(6)11-5-7(9)10(13)14;1-2-4-5-3-1;2-1-3;1-2;;/h7-8H,1-6H3,(H2,17,19);7-9H,1-6H3;6-7,16H,1-5H3,(H,17,18);6-7H,1-5H3;6-7H,15H2,1-5H3;1-5H,(H,11,12)(H,13,14);1-4H2;1H2;2H,1H3;;1H2/q;;;;;;;;;+1;/p-1. The van der Waals surface area contributed by atoms with Gasteiger partial charge in [0.15, 0.2) is 0 Å². The summed E-state index contributed by atoms with van der Waals surface area (Å²) in [5.41, 5.74) is 11.8. The van der Waals surface area contributed by atoms with Crippen molar-refractivity contribution < 1.29 is 137 Å². The number of phenolic OH excluding ortho intramolecular Hbond substituents is 1. The first kappa shape index (κ1) is 115. The number of aromatic nitrogens is 1. The van der Waals surface area contributed by atoms with Crippen LogP contribution in [-0.2, 0) is 87.5 Å². The van der Waals surface area contributed by atoms with Crippen LogP contribution in [-0.4, -0.2) is 128 Å². The number of aliphatic hydroxyl groups is 1. The number of rotatable bonds is 11. The number of aromatic carboxylic acids is 1. The molecule has 4 heterocycles. The Morgan fingerprint density at radius 3 is 1.33 bits per heavy atom. The van der Waals surface area contributed by atoms with Gasteiger partial charge < -0.3 is 75.5 Å². The van der Waals surface area contributed by atoms with Crippen LogP contribution in [0.15, 0.2) is 102 Å².